The summed E-state index contributed by atoms with van der Waals surface area (Å²) in [5.41, 5.74) is 7.45. The fourth-order valence-corrected chi connectivity index (χ4v) is 1.89. The number of hydrogen-bond acceptors (Lipinski definition) is 4. The van der Waals surface area contributed by atoms with Crippen LogP contribution in [0.4, 0.5) is 0 Å². The predicted octanol–water partition coefficient (Wildman–Crippen LogP) is 0.994. The highest BCUT2D eigenvalue weighted by Gasteiger charge is 2.16. The molecule has 1 amide bonds. The number of aliphatic hydroxyl groups is 1. The zero-order chi connectivity index (χ0) is 14.5. The van der Waals surface area contributed by atoms with Gasteiger partial charge in [0, 0.05) is 26.0 Å². The molecular formula is C14H20Cl2N4O2. The highest BCUT2D eigenvalue weighted by molar-refractivity contribution is 5.85. The normalized spacial score (nSPS) is 11.0. The third-order valence-corrected chi connectivity index (χ3v) is 3.02. The van der Waals surface area contributed by atoms with Gasteiger partial charge in [-0.05, 0) is 23.8 Å². The van der Waals surface area contributed by atoms with Crippen LogP contribution in [-0.4, -0.2) is 45.4 Å². The SMILES string of the molecule is CN(Cc1ccc(-n2cccn2)cc1)C(=O)[C@@H](N)CO.Cl.Cl. The van der Waals surface area contributed by atoms with Crippen molar-refractivity contribution in [1.82, 2.24) is 14.7 Å². The monoisotopic (exact) mass is 346 g/mol. The standard InChI is InChI=1S/C14H18N4O2.2ClH/c1-17(14(20)13(15)10-19)9-11-3-5-12(6-4-11)18-8-2-7-16-18;;/h2-8,13,19H,9-10,15H2,1H3;2*1H/t13-;;/m0../s1. The summed E-state index contributed by atoms with van der Waals surface area (Å²) in [6.45, 7) is 0.104. The van der Waals surface area contributed by atoms with Crippen LogP contribution in [0, 0.1) is 0 Å². The molecule has 8 heteroatoms. The molecule has 0 fully saturated rings. The largest absolute Gasteiger partial charge is 0.394 e. The quantitative estimate of drug-likeness (QED) is 0.845. The molecule has 0 aliphatic carbocycles. The van der Waals surface area contributed by atoms with Gasteiger partial charge in [0.15, 0.2) is 0 Å². The second-order valence-electron chi connectivity index (χ2n) is 4.60. The summed E-state index contributed by atoms with van der Waals surface area (Å²) in [7, 11) is 1.67. The molecule has 0 aliphatic heterocycles. The summed E-state index contributed by atoms with van der Waals surface area (Å²) in [6, 6.07) is 8.75. The molecule has 0 aliphatic rings. The van der Waals surface area contributed by atoms with Gasteiger partial charge >= 0.3 is 0 Å². The molecule has 3 N–H and O–H groups in total. The molecule has 0 radical (unpaired) electrons. The Balaban J connectivity index is 0.00000220. The molecule has 22 heavy (non-hydrogen) atoms. The van der Waals surface area contributed by atoms with Gasteiger partial charge in [0.25, 0.3) is 0 Å². The first-order valence-corrected chi connectivity index (χ1v) is 6.32. The summed E-state index contributed by atoms with van der Waals surface area (Å²) in [4.78, 5) is 13.3. The Morgan fingerprint density at radius 1 is 1.36 bits per heavy atom. The number of nitrogens with two attached hydrogens (primary N) is 1. The number of carbonyl (C=O) groups is 1. The second kappa shape index (κ2) is 9.42. The first-order valence-electron chi connectivity index (χ1n) is 6.32. The van der Waals surface area contributed by atoms with Gasteiger partial charge in [-0.2, -0.15) is 5.10 Å². The number of aliphatic hydroxyl groups excluding tert-OH is 1. The minimum absolute atomic E-state index is 0. The van der Waals surface area contributed by atoms with Crippen LogP contribution in [0.1, 0.15) is 5.56 Å². The Kier molecular flexibility index (Phi) is 8.74. The molecule has 122 valence electrons. The van der Waals surface area contributed by atoms with Crippen molar-refractivity contribution in [2.75, 3.05) is 13.7 Å². The molecule has 0 saturated carbocycles. The number of halogens is 2. The average molecular weight is 347 g/mol. The number of carbonyl (C=O) groups excluding carboxylic acids is 1. The van der Waals surface area contributed by atoms with E-state index in [1.165, 1.54) is 4.90 Å². The third-order valence-electron chi connectivity index (χ3n) is 3.02. The number of hydrogen-bond donors (Lipinski definition) is 2. The number of rotatable bonds is 5. The number of nitrogens with zero attached hydrogens (tertiary/aromatic N) is 3. The number of benzene rings is 1. The summed E-state index contributed by atoms with van der Waals surface area (Å²) < 4.78 is 1.76. The molecule has 2 aromatic rings. The Hall–Kier alpha value is -1.60. The number of amides is 1. The minimum atomic E-state index is -0.858. The predicted molar refractivity (Wildman–Crippen MR) is 89.6 cm³/mol. The van der Waals surface area contributed by atoms with E-state index in [1.807, 2.05) is 36.5 Å². The fraction of sp³-hybridized carbons (Fsp3) is 0.286. The van der Waals surface area contributed by atoms with Crippen molar-refractivity contribution in [2.24, 2.45) is 5.73 Å². The van der Waals surface area contributed by atoms with Crippen LogP contribution in [0.5, 0.6) is 0 Å². The molecule has 1 aromatic heterocycles. The second-order valence-corrected chi connectivity index (χ2v) is 4.60. The van der Waals surface area contributed by atoms with E-state index in [4.69, 9.17) is 10.8 Å². The maximum Gasteiger partial charge on any atom is 0.241 e. The van der Waals surface area contributed by atoms with Crippen LogP contribution in [0.2, 0.25) is 0 Å². The molecule has 1 aromatic carbocycles. The number of likely N-dealkylation sites (N-methyl/N-ethyl adjacent to an activating group) is 1. The van der Waals surface area contributed by atoms with Gasteiger partial charge in [0.1, 0.15) is 6.04 Å². The van der Waals surface area contributed by atoms with Crippen LogP contribution in [0.15, 0.2) is 42.7 Å². The van der Waals surface area contributed by atoms with Gasteiger partial charge in [-0.1, -0.05) is 12.1 Å². The van der Waals surface area contributed by atoms with Crippen molar-refractivity contribution >= 4 is 30.7 Å². The maximum atomic E-state index is 11.8. The lowest BCUT2D eigenvalue weighted by molar-refractivity contribution is -0.132. The van der Waals surface area contributed by atoms with Gasteiger partial charge in [0.05, 0.1) is 12.3 Å². The lowest BCUT2D eigenvalue weighted by atomic mass is 10.2. The van der Waals surface area contributed by atoms with E-state index < -0.39 is 6.04 Å². The smallest absolute Gasteiger partial charge is 0.241 e. The average Bonchev–Trinajstić information content (AvgIpc) is 3.00. The van der Waals surface area contributed by atoms with Crippen LogP contribution in [-0.2, 0) is 11.3 Å². The Morgan fingerprint density at radius 3 is 2.50 bits per heavy atom. The molecule has 6 nitrogen and oxygen atoms in total. The van der Waals surface area contributed by atoms with Crippen molar-refractivity contribution in [3.8, 4) is 5.69 Å². The molecule has 1 heterocycles. The molecule has 0 saturated heterocycles. The van der Waals surface area contributed by atoms with Gasteiger partial charge < -0.3 is 15.7 Å². The highest BCUT2D eigenvalue weighted by Crippen LogP contribution is 2.10. The summed E-state index contributed by atoms with van der Waals surface area (Å²) >= 11 is 0. The Labute approximate surface area is 141 Å². The Morgan fingerprint density at radius 2 is 2.00 bits per heavy atom. The van der Waals surface area contributed by atoms with Crippen molar-refractivity contribution in [3.05, 3.63) is 48.3 Å². The summed E-state index contributed by atoms with van der Waals surface area (Å²) in [5, 5.41) is 13.0. The van der Waals surface area contributed by atoms with E-state index in [1.54, 1.807) is 17.9 Å². The van der Waals surface area contributed by atoms with Crippen molar-refractivity contribution in [2.45, 2.75) is 12.6 Å². The summed E-state index contributed by atoms with van der Waals surface area (Å²) in [5.74, 6) is -0.274. The van der Waals surface area contributed by atoms with Crippen LogP contribution in [0.25, 0.3) is 5.69 Å². The van der Waals surface area contributed by atoms with Gasteiger partial charge in [0.2, 0.25) is 5.91 Å². The Bertz CT molecular complexity index is 561. The first kappa shape index (κ1) is 20.4. The molecular weight excluding hydrogens is 327 g/mol. The van der Waals surface area contributed by atoms with Crippen LogP contribution < -0.4 is 5.73 Å². The lowest BCUT2D eigenvalue weighted by Gasteiger charge is -2.20. The molecule has 0 unspecified atom stereocenters. The van der Waals surface area contributed by atoms with Gasteiger partial charge in [-0.15, -0.1) is 24.8 Å². The topological polar surface area (TPSA) is 84.4 Å². The van der Waals surface area contributed by atoms with Crippen LogP contribution in [0.3, 0.4) is 0 Å². The molecule has 0 spiro atoms. The van der Waals surface area contributed by atoms with E-state index in [-0.39, 0.29) is 37.3 Å². The molecule has 1 atom stereocenters. The minimum Gasteiger partial charge on any atom is -0.394 e. The van der Waals surface area contributed by atoms with Gasteiger partial charge in [-0.25, -0.2) is 4.68 Å². The van der Waals surface area contributed by atoms with E-state index in [0.717, 1.165) is 11.3 Å². The highest BCUT2D eigenvalue weighted by atomic mass is 35.5. The molecule has 0 bridgehead atoms. The van der Waals surface area contributed by atoms with Crippen LogP contribution >= 0.6 is 24.8 Å². The zero-order valence-electron chi connectivity index (χ0n) is 12.1. The van der Waals surface area contributed by atoms with E-state index >= 15 is 0 Å². The van der Waals surface area contributed by atoms with Crippen molar-refractivity contribution < 1.29 is 9.90 Å². The van der Waals surface area contributed by atoms with E-state index in [9.17, 15) is 4.79 Å². The lowest BCUT2D eigenvalue weighted by Crippen LogP contribution is -2.43. The van der Waals surface area contributed by atoms with E-state index in [2.05, 4.69) is 5.10 Å². The summed E-state index contributed by atoms with van der Waals surface area (Å²) in [6.07, 6.45) is 3.58. The first-order chi connectivity index (χ1) is 9.61. The molecule has 2 rings (SSSR count). The third kappa shape index (κ3) is 4.99. The van der Waals surface area contributed by atoms with Crippen molar-refractivity contribution in [3.63, 3.8) is 0 Å². The van der Waals surface area contributed by atoms with Crippen molar-refractivity contribution in [1.29, 1.82) is 0 Å². The number of aromatic nitrogens is 2. The fourth-order valence-electron chi connectivity index (χ4n) is 1.89. The zero-order valence-corrected chi connectivity index (χ0v) is 13.8. The van der Waals surface area contributed by atoms with Gasteiger partial charge in [-0.3, -0.25) is 4.79 Å². The maximum absolute atomic E-state index is 11.8. The van der Waals surface area contributed by atoms with E-state index in [0.29, 0.717) is 6.54 Å².